The molecule has 4 rings (SSSR count). The summed E-state index contributed by atoms with van der Waals surface area (Å²) in [4.78, 5) is 33.8. The zero-order valence-electron chi connectivity index (χ0n) is 11.9. The van der Waals surface area contributed by atoms with Crippen LogP contribution in [0.5, 0.6) is 0 Å². The number of amides is 1. The summed E-state index contributed by atoms with van der Waals surface area (Å²) in [5.41, 5.74) is 1.82. The molecule has 21 heavy (non-hydrogen) atoms. The Morgan fingerprint density at radius 3 is 2.76 bits per heavy atom. The Balaban J connectivity index is 1.61. The van der Waals surface area contributed by atoms with E-state index in [1.807, 2.05) is 4.90 Å². The van der Waals surface area contributed by atoms with Crippen molar-refractivity contribution in [3.8, 4) is 0 Å². The molecule has 0 unspecified atom stereocenters. The molecule has 0 saturated carbocycles. The smallest absolute Gasteiger partial charge is 0.323 e. The first-order valence-electron chi connectivity index (χ1n) is 7.43. The third-order valence-corrected chi connectivity index (χ3v) is 4.78. The van der Waals surface area contributed by atoms with Gasteiger partial charge in [-0.25, -0.2) is 4.79 Å². The highest BCUT2D eigenvalue weighted by Crippen LogP contribution is 2.31. The van der Waals surface area contributed by atoms with E-state index in [1.165, 1.54) is 0 Å². The van der Waals surface area contributed by atoms with Crippen molar-refractivity contribution in [2.75, 3.05) is 19.6 Å². The second-order valence-electron chi connectivity index (χ2n) is 5.93. The number of imidazole rings is 1. The maximum Gasteiger partial charge on any atom is 0.323 e. The van der Waals surface area contributed by atoms with E-state index in [9.17, 15) is 9.59 Å². The van der Waals surface area contributed by atoms with Crippen molar-refractivity contribution >= 4 is 16.9 Å². The molecule has 2 atom stereocenters. The molecule has 110 valence electrons. The number of aromatic nitrogens is 2. The molecule has 2 aromatic rings. The predicted octanol–water partition coefficient (Wildman–Crippen LogP) is 0.775. The molecule has 1 aromatic heterocycles. The number of H-pyrrole nitrogens is 2. The van der Waals surface area contributed by atoms with Gasteiger partial charge in [0.1, 0.15) is 0 Å². The zero-order valence-corrected chi connectivity index (χ0v) is 11.9. The van der Waals surface area contributed by atoms with Crippen LogP contribution in [0.25, 0.3) is 11.0 Å². The molecule has 2 aliphatic heterocycles. The third kappa shape index (κ3) is 1.90. The van der Waals surface area contributed by atoms with Crippen LogP contribution in [0.1, 0.15) is 23.7 Å². The highest BCUT2D eigenvalue weighted by atomic mass is 16.2. The van der Waals surface area contributed by atoms with Gasteiger partial charge in [0.2, 0.25) is 0 Å². The van der Waals surface area contributed by atoms with Crippen LogP contribution in [0.15, 0.2) is 23.0 Å². The number of fused-ring (bicyclic) bond motifs is 3. The summed E-state index contributed by atoms with van der Waals surface area (Å²) < 4.78 is 0. The summed E-state index contributed by atoms with van der Waals surface area (Å²) in [5, 5.41) is 0. The molecule has 0 spiro atoms. The number of likely N-dealkylation sites (N-methyl/N-ethyl adjacent to an activating group) is 1. The van der Waals surface area contributed by atoms with Crippen LogP contribution in [0.2, 0.25) is 0 Å². The van der Waals surface area contributed by atoms with Gasteiger partial charge >= 0.3 is 5.69 Å². The predicted molar refractivity (Wildman–Crippen MR) is 79.4 cm³/mol. The number of nitrogens with zero attached hydrogens (tertiary/aromatic N) is 2. The lowest BCUT2D eigenvalue weighted by Crippen LogP contribution is -2.48. The Bertz CT molecular complexity index is 762. The fraction of sp³-hybridized carbons (Fsp3) is 0.467. The van der Waals surface area contributed by atoms with Crippen molar-refractivity contribution in [2.24, 2.45) is 0 Å². The number of nitrogens with one attached hydrogen (secondary N) is 2. The van der Waals surface area contributed by atoms with Crippen LogP contribution in [-0.4, -0.2) is 57.4 Å². The Kier molecular flexibility index (Phi) is 2.68. The topological polar surface area (TPSA) is 72.2 Å². The Morgan fingerprint density at radius 2 is 2.05 bits per heavy atom. The summed E-state index contributed by atoms with van der Waals surface area (Å²) in [6, 6.07) is 6.19. The largest absolute Gasteiger partial charge is 0.333 e. The lowest BCUT2D eigenvalue weighted by molar-refractivity contribution is 0.0631. The summed E-state index contributed by atoms with van der Waals surface area (Å²) in [6.45, 7) is 5.03. The molecule has 6 nitrogen and oxygen atoms in total. The normalized spacial score (nSPS) is 25.1. The number of carbonyl (C=O) groups is 1. The van der Waals surface area contributed by atoms with Crippen molar-refractivity contribution in [3.05, 3.63) is 34.2 Å². The molecule has 2 bridgehead atoms. The van der Waals surface area contributed by atoms with E-state index < -0.39 is 0 Å². The number of hydrogen-bond acceptors (Lipinski definition) is 3. The van der Waals surface area contributed by atoms with Gasteiger partial charge in [0.15, 0.2) is 0 Å². The van der Waals surface area contributed by atoms with Gasteiger partial charge in [0.25, 0.3) is 5.91 Å². The number of rotatable bonds is 2. The molecule has 0 radical (unpaired) electrons. The molecule has 2 aliphatic rings. The Morgan fingerprint density at radius 1 is 1.24 bits per heavy atom. The highest BCUT2D eigenvalue weighted by molar-refractivity contribution is 5.97. The highest BCUT2D eigenvalue weighted by Gasteiger charge is 2.44. The minimum atomic E-state index is -0.242. The standard InChI is InChI=1S/C15H18N4O2/c1-2-18-7-11-6-10(18)8-19(11)14(20)9-3-4-12-13(5-9)17-15(21)16-12/h3-5,10-11H,2,6-8H2,1H3,(H2,16,17,21)/t10-,11-/m0/s1. The zero-order chi connectivity index (χ0) is 14.6. The number of benzene rings is 1. The molecular weight excluding hydrogens is 268 g/mol. The average Bonchev–Trinajstić information content (AvgIpc) is 3.16. The Labute approximate surface area is 121 Å². The van der Waals surface area contributed by atoms with E-state index in [2.05, 4.69) is 21.8 Å². The van der Waals surface area contributed by atoms with E-state index in [1.54, 1.807) is 18.2 Å². The fourth-order valence-electron chi connectivity index (χ4n) is 3.72. The maximum absolute atomic E-state index is 12.7. The molecule has 1 amide bonds. The van der Waals surface area contributed by atoms with Gasteiger partial charge in [-0.15, -0.1) is 0 Å². The lowest BCUT2D eigenvalue weighted by Gasteiger charge is -2.33. The quantitative estimate of drug-likeness (QED) is 0.856. The fourth-order valence-corrected chi connectivity index (χ4v) is 3.72. The SMILES string of the molecule is CCN1C[C@@H]2C[C@H]1CN2C(=O)c1ccc2[nH]c(=O)[nH]c2c1. The van der Waals surface area contributed by atoms with Gasteiger partial charge in [-0.05, 0) is 31.2 Å². The van der Waals surface area contributed by atoms with Gasteiger partial charge in [-0.2, -0.15) is 0 Å². The van der Waals surface area contributed by atoms with Gasteiger partial charge in [-0.1, -0.05) is 6.92 Å². The average molecular weight is 286 g/mol. The van der Waals surface area contributed by atoms with Crippen molar-refractivity contribution in [2.45, 2.75) is 25.4 Å². The van der Waals surface area contributed by atoms with Gasteiger partial charge in [0, 0.05) is 30.7 Å². The minimum Gasteiger partial charge on any atom is -0.333 e. The number of aromatic amines is 2. The maximum atomic E-state index is 12.7. The van der Waals surface area contributed by atoms with Crippen molar-refractivity contribution in [1.82, 2.24) is 19.8 Å². The van der Waals surface area contributed by atoms with Crippen LogP contribution in [0.4, 0.5) is 0 Å². The summed E-state index contributed by atoms with van der Waals surface area (Å²) in [7, 11) is 0. The summed E-state index contributed by atoms with van der Waals surface area (Å²) >= 11 is 0. The first-order chi connectivity index (χ1) is 10.2. The van der Waals surface area contributed by atoms with Crippen LogP contribution < -0.4 is 5.69 Å². The van der Waals surface area contributed by atoms with E-state index in [0.29, 0.717) is 23.2 Å². The monoisotopic (exact) mass is 286 g/mol. The van der Waals surface area contributed by atoms with Crippen molar-refractivity contribution in [3.63, 3.8) is 0 Å². The van der Waals surface area contributed by atoms with E-state index in [0.717, 1.165) is 31.6 Å². The van der Waals surface area contributed by atoms with E-state index in [4.69, 9.17) is 0 Å². The molecule has 2 saturated heterocycles. The molecule has 0 aliphatic carbocycles. The van der Waals surface area contributed by atoms with Crippen molar-refractivity contribution < 1.29 is 4.79 Å². The van der Waals surface area contributed by atoms with Crippen LogP contribution >= 0.6 is 0 Å². The molecule has 3 heterocycles. The van der Waals surface area contributed by atoms with Gasteiger partial charge < -0.3 is 14.9 Å². The number of hydrogen-bond donors (Lipinski definition) is 2. The van der Waals surface area contributed by atoms with Crippen LogP contribution in [-0.2, 0) is 0 Å². The van der Waals surface area contributed by atoms with Gasteiger partial charge in [0.05, 0.1) is 11.0 Å². The number of carbonyl (C=O) groups excluding carboxylic acids is 1. The summed E-state index contributed by atoms with van der Waals surface area (Å²) in [5.74, 6) is 0.0715. The van der Waals surface area contributed by atoms with E-state index in [-0.39, 0.29) is 11.6 Å². The van der Waals surface area contributed by atoms with E-state index >= 15 is 0 Å². The minimum absolute atomic E-state index is 0.0715. The van der Waals surface area contributed by atoms with Crippen molar-refractivity contribution in [1.29, 1.82) is 0 Å². The number of likely N-dealkylation sites (tertiary alicyclic amines) is 2. The molecule has 2 N–H and O–H groups in total. The third-order valence-electron chi connectivity index (χ3n) is 4.78. The first-order valence-corrected chi connectivity index (χ1v) is 7.43. The van der Waals surface area contributed by atoms with Crippen LogP contribution in [0, 0.1) is 0 Å². The molecule has 2 fully saturated rings. The summed E-state index contributed by atoms with van der Waals surface area (Å²) in [6.07, 6.45) is 1.09. The van der Waals surface area contributed by atoms with Gasteiger partial charge in [-0.3, -0.25) is 9.69 Å². The molecule has 1 aromatic carbocycles. The second-order valence-corrected chi connectivity index (χ2v) is 5.93. The number of piperazine rings is 1. The Hall–Kier alpha value is -2.08. The first kappa shape index (κ1) is 12.6. The molecule has 6 heteroatoms. The second kappa shape index (κ2) is 4.46. The molecular formula is C15H18N4O2. The lowest BCUT2D eigenvalue weighted by atomic mass is 10.1. The van der Waals surface area contributed by atoms with Crippen LogP contribution in [0.3, 0.4) is 0 Å².